The molecule has 0 heterocycles. The van der Waals surface area contributed by atoms with Crippen LogP contribution in [0.4, 0.5) is 0 Å². The lowest BCUT2D eigenvalue weighted by atomic mass is 9.54. The fourth-order valence-corrected chi connectivity index (χ4v) is 9.00. The number of rotatable bonds is 7. The number of aliphatic hydroxyl groups is 2. The molecule has 2 N–H and O–H groups in total. The van der Waals surface area contributed by atoms with E-state index in [0.29, 0.717) is 39.5 Å². The van der Waals surface area contributed by atoms with Gasteiger partial charge in [0, 0.05) is 12.5 Å². The maximum absolute atomic E-state index is 14.2. The third kappa shape index (κ3) is 4.54. The van der Waals surface area contributed by atoms with Crippen molar-refractivity contribution in [3.63, 3.8) is 0 Å². The van der Waals surface area contributed by atoms with Crippen molar-refractivity contribution < 1.29 is 34.0 Å². The van der Waals surface area contributed by atoms with Crippen LogP contribution in [0.2, 0.25) is 0 Å². The average molecular weight is 699 g/mol. The van der Waals surface area contributed by atoms with E-state index in [-0.39, 0.29) is 6.42 Å². The Bertz CT molecular complexity index is 2420. The molecule has 0 saturated carbocycles. The summed E-state index contributed by atoms with van der Waals surface area (Å²) in [4.78, 5) is 26.1. The first-order valence-electron chi connectivity index (χ1n) is 17.4. The third-order valence-corrected chi connectivity index (χ3v) is 11.3. The van der Waals surface area contributed by atoms with Crippen LogP contribution in [0.3, 0.4) is 0 Å². The number of carbonyl (C=O) groups is 2. The lowest BCUT2D eigenvalue weighted by Crippen LogP contribution is -2.57. The van der Waals surface area contributed by atoms with Crippen molar-refractivity contribution in [2.45, 2.75) is 23.0 Å². The Morgan fingerprint density at radius 2 is 1.11 bits per heavy atom. The van der Waals surface area contributed by atoms with Crippen molar-refractivity contribution in [3.8, 4) is 28.4 Å². The van der Waals surface area contributed by atoms with E-state index in [1.54, 1.807) is 67.8 Å². The minimum absolute atomic E-state index is 0.0631. The van der Waals surface area contributed by atoms with Gasteiger partial charge in [0.2, 0.25) is 0 Å². The zero-order valence-corrected chi connectivity index (χ0v) is 28.8. The summed E-state index contributed by atoms with van der Waals surface area (Å²) in [7, 11) is 1.55. The zero-order valence-electron chi connectivity index (χ0n) is 28.8. The summed E-state index contributed by atoms with van der Waals surface area (Å²) in [6.07, 6.45) is 1.07. The highest BCUT2D eigenvalue weighted by Gasteiger charge is 2.62. The second-order valence-corrected chi connectivity index (χ2v) is 13.8. The molecule has 4 aliphatic carbocycles. The lowest BCUT2D eigenvalue weighted by molar-refractivity contribution is -0.157. The van der Waals surface area contributed by atoms with Gasteiger partial charge in [-0.1, -0.05) is 110 Å². The first-order chi connectivity index (χ1) is 25.7. The molecule has 0 radical (unpaired) electrons. The van der Waals surface area contributed by atoms with E-state index >= 15 is 0 Å². The maximum Gasteiger partial charge on any atom is 0.335 e. The van der Waals surface area contributed by atoms with E-state index in [4.69, 9.17) is 14.2 Å². The Hall–Kier alpha value is -6.28. The molecule has 7 nitrogen and oxygen atoms in total. The van der Waals surface area contributed by atoms with Crippen molar-refractivity contribution in [3.05, 3.63) is 197 Å². The molecular weight excluding hydrogens is 664 g/mol. The molecule has 7 heteroatoms. The summed E-state index contributed by atoms with van der Waals surface area (Å²) in [6, 6.07) is 43.9. The fraction of sp³-hybridized carbons (Fsp3) is 0.130. The molecule has 10 rings (SSSR count). The third-order valence-electron chi connectivity index (χ3n) is 11.3. The van der Waals surface area contributed by atoms with Gasteiger partial charge in [-0.2, -0.15) is 0 Å². The van der Waals surface area contributed by atoms with Crippen molar-refractivity contribution >= 4 is 11.9 Å². The van der Waals surface area contributed by atoms with Crippen LogP contribution >= 0.6 is 0 Å². The van der Waals surface area contributed by atoms with Crippen molar-refractivity contribution in [1.82, 2.24) is 0 Å². The summed E-state index contributed by atoms with van der Waals surface area (Å²) in [5.74, 6) is -1.02. The highest BCUT2D eigenvalue weighted by molar-refractivity contribution is 5.87. The van der Waals surface area contributed by atoms with Gasteiger partial charge in [-0.25, -0.2) is 4.79 Å². The lowest BCUT2D eigenvalue weighted by Gasteiger charge is -2.53. The largest absolute Gasteiger partial charge is 0.497 e. The van der Waals surface area contributed by atoms with Crippen LogP contribution in [0.1, 0.15) is 50.9 Å². The summed E-state index contributed by atoms with van der Waals surface area (Å²) >= 11 is 0. The normalized spacial score (nSPS) is 21.0. The van der Waals surface area contributed by atoms with Crippen LogP contribution in [0.15, 0.2) is 152 Å². The Labute approximate surface area is 306 Å². The van der Waals surface area contributed by atoms with E-state index in [2.05, 4.69) is 30.8 Å². The predicted octanol–water partition coefficient (Wildman–Crippen LogP) is 7.56. The van der Waals surface area contributed by atoms with Gasteiger partial charge in [-0.05, 0) is 92.0 Å². The van der Waals surface area contributed by atoms with Gasteiger partial charge >= 0.3 is 11.9 Å². The molecule has 4 aliphatic rings. The number of benzene rings is 6. The summed E-state index contributed by atoms with van der Waals surface area (Å²) < 4.78 is 16.9. The first-order valence-corrected chi connectivity index (χ1v) is 17.4. The van der Waals surface area contributed by atoms with Crippen molar-refractivity contribution in [1.29, 1.82) is 0 Å². The van der Waals surface area contributed by atoms with Crippen LogP contribution in [0.5, 0.6) is 17.2 Å². The molecule has 3 unspecified atom stereocenters. The molecule has 0 spiro atoms. The van der Waals surface area contributed by atoms with Gasteiger partial charge in [-0.15, -0.1) is 0 Å². The van der Waals surface area contributed by atoms with E-state index in [1.807, 2.05) is 54.6 Å². The summed E-state index contributed by atoms with van der Waals surface area (Å²) in [5, 5.41) is 24.8. The summed E-state index contributed by atoms with van der Waals surface area (Å²) in [5.41, 5.74) is 4.29. The molecule has 260 valence electrons. The second-order valence-electron chi connectivity index (χ2n) is 13.8. The van der Waals surface area contributed by atoms with E-state index in [1.165, 1.54) is 0 Å². The summed E-state index contributed by atoms with van der Waals surface area (Å²) in [6.45, 7) is 3.50. The van der Waals surface area contributed by atoms with Crippen molar-refractivity contribution in [2.24, 2.45) is 5.92 Å². The molecule has 6 aromatic rings. The molecule has 0 fully saturated rings. The smallest absolute Gasteiger partial charge is 0.335 e. The number of esters is 2. The Kier molecular flexibility index (Phi) is 7.31. The second kappa shape index (κ2) is 11.9. The molecule has 53 heavy (non-hydrogen) atoms. The van der Waals surface area contributed by atoms with E-state index in [0.717, 1.165) is 39.5 Å². The van der Waals surface area contributed by atoms with Gasteiger partial charge in [0.25, 0.3) is 0 Å². The molecule has 6 aromatic carbocycles. The topological polar surface area (TPSA) is 102 Å². The maximum atomic E-state index is 14.2. The number of hydrogen-bond donors (Lipinski definition) is 2. The highest BCUT2D eigenvalue weighted by Crippen LogP contribution is 2.61. The molecule has 0 saturated heterocycles. The Balaban J connectivity index is 1.10. The van der Waals surface area contributed by atoms with Gasteiger partial charge in [-0.3, -0.25) is 4.79 Å². The Morgan fingerprint density at radius 3 is 1.68 bits per heavy atom. The number of fused-ring (bicyclic) bond motifs is 4. The number of methoxy groups -OCH3 is 1. The van der Waals surface area contributed by atoms with Gasteiger partial charge in [0.1, 0.15) is 28.5 Å². The average Bonchev–Trinajstić information content (AvgIpc) is 3.50. The SMILES string of the molecule is C=CC(=O)Oc1ccc(C2(c3ccc(OC(=O)C4CC5(O)c6ccccc6C4(O)c4ccc(OC)cc45)cc3)c3ccccc3-c3ccccc32)cc1. The van der Waals surface area contributed by atoms with Gasteiger partial charge in [0.05, 0.1) is 18.4 Å². The number of hydrogen-bond acceptors (Lipinski definition) is 7. The van der Waals surface area contributed by atoms with Gasteiger partial charge < -0.3 is 24.4 Å². The van der Waals surface area contributed by atoms with Crippen LogP contribution in [0.25, 0.3) is 11.1 Å². The monoisotopic (exact) mass is 698 g/mol. The standard InChI is InChI=1S/C46H34O7/c1-3-42(47)52-30-20-16-28(17-21-30)45(35-12-6-4-10-33(35)34-11-5-7-13-36(34)45)29-18-22-31(23-19-29)53-43(48)41-27-44(49)37-14-8-9-15-38(37)46(41,50)39-25-24-32(51-2)26-40(39)44/h3-26,41,49-50H,1,27H2,2H3. The quantitative estimate of drug-likeness (QED) is 0.101. The zero-order chi connectivity index (χ0) is 36.5. The fourth-order valence-electron chi connectivity index (χ4n) is 9.00. The van der Waals surface area contributed by atoms with Crippen LogP contribution < -0.4 is 14.2 Å². The number of carbonyl (C=O) groups excluding carboxylic acids is 2. The molecule has 3 atom stereocenters. The predicted molar refractivity (Wildman–Crippen MR) is 199 cm³/mol. The van der Waals surface area contributed by atoms with Crippen molar-refractivity contribution in [2.75, 3.05) is 7.11 Å². The Morgan fingerprint density at radius 1 is 0.623 bits per heavy atom. The minimum atomic E-state index is -1.73. The molecular formula is C46H34O7. The minimum Gasteiger partial charge on any atom is -0.497 e. The molecule has 0 amide bonds. The molecule has 2 bridgehead atoms. The molecule has 0 aliphatic heterocycles. The number of ether oxygens (including phenoxy) is 3. The van der Waals surface area contributed by atoms with Crippen LogP contribution in [0, 0.1) is 5.92 Å². The van der Waals surface area contributed by atoms with E-state index < -0.39 is 34.5 Å². The first kappa shape index (κ1) is 32.6. The molecule has 0 aromatic heterocycles. The van der Waals surface area contributed by atoms with Crippen LogP contribution in [-0.4, -0.2) is 29.3 Å². The van der Waals surface area contributed by atoms with Gasteiger partial charge in [0.15, 0.2) is 0 Å². The highest BCUT2D eigenvalue weighted by atomic mass is 16.5. The van der Waals surface area contributed by atoms with E-state index in [9.17, 15) is 19.8 Å². The van der Waals surface area contributed by atoms with Crippen LogP contribution in [-0.2, 0) is 26.2 Å².